The lowest BCUT2D eigenvalue weighted by Crippen LogP contribution is -2.29. The fourth-order valence-electron chi connectivity index (χ4n) is 1.25. The van der Waals surface area contributed by atoms with Crippen LogP contribution in [0.4, 0.5) is 0 Å². The van der Waals surface area contributed by atoms with Crippen LogP contribution >= 0.6 is 0 Å². The van der Waals surface area contributed by atoms with Crippen LogP contribution in [0.25, 0.3) is 0 Å². The molecule has 0 aromatic carbocycles. The minimum Gasteiger partial charge on any atom is -0.482 e. The molecule has 0 atom stereocenters. The number of hydrogen-bond donors (Lipinski definition) is 2. The maximum Gasteiger partial charge on any atom is 0.257 e. The molecule has 0 saturated carbocycles. The van der Waals surface area contributed by atoms with Crippen LogP contribution in [0.2, 0.25) is 0 Å². The summed E-state index contributed by atoms with van der Waals surface area (Å²) < 4.78 is 5.30. The Balaban J connectivity index is 2.34. The Morgan fingerprint density at radius 1 is 1.47 bits per heavy atom. The van der Waals surface area contributed by atoms with Crippen LogP contribution < -0.4 is 15.4 Å². The predicted octanol–water partition coefficient (Wildman–Crippen LogP) is 0.706. The van der Waals surface area contributed by atoms with Crippen molar-refractivity contribution < 1.29 is 9.53 Å². The van der Waals surface area contributed by atoms with Crippen LogP contribution in [0.1, 0.15) is 19.0 Å². The Kier molecular flexibility index (Phi) is 6.03. The maximum absolute atomic E-state index is 11.3. The third kappa shape index (κ3) is 5.31. The molecule has 94 valence electrons. The van der Waals surface area contributed by atoms with Gasteiger partial charge in [-0.3, -0.25) is 9.78 Å². The molecule has 1 aromatic heterocycles. The predicted molar refractivity (Wildman–Crippen MR) is 65.8 cm³/mol. The van der Waals surface area contributed by atoms with E-state index < -0.39 is 0 Å². The lowest BCUT2D eigenvalue weighted by molar-refractivity contribution is -0.123. The molecule has 5 nitrogen and oxygen atoms in total. The van der Waals surface area contributed by atoms with Crippen LogP contribution in [0, 0.1) is 0 Å². The van der Waals surface area contributed by atoms with Crippen molar-refractivity contribution in [3.63, 3.8) is 0 Å². The zero-order valence-corrected chi connectivity index (χ0v) is 10.3. The minimum absolute atomic E-state index is 0.0348. The van der Waals surface area contributed by atoms with Crippen molar-refractivity contribution >= 4 is 5.91 Å². The second-order valence-electron chi connectivity index (χ2n) is 3.65. The van der Waals surface area contributed by atoms with Gasteiger partial charge in [-0.2, -0.15) is 0 Å². The van der Waals surface area contributed by atoms with Gasteiger partial charge in [0.2, 0.25) is 0 Å². The molecule has 0 unspecified atom stereocenters. The van der Waals surface area contributed by atoms with Crippen molar-refractivity contribution in [1.82, 2.24) is 15.6 Å². The molecule has 0 spiro atoms. The quantitative estimate of drug-likeness (QED) is 0.733. The molecule has 0 bridgehead atoms. The summed E-state index contributed by atoms with van der Waals surface area (Å²) in [7, 11) is 1.87. The fourth-order valence-corrected chi connectivity index (χ4v) is 1.25. The molecular weight excluding hydrogens is 218 g/mol. The van der Waals surface area contributed by atoms with Gasteiger partial charge in [0.1, 0.15) is 5.75 Å². The molecule has 0 aliphatic rings. The van der Waals surface area contributed by atoms with Crippen molar-refractivity contribution in [2.75, 3.05) is 20.2 Å². The average molecular weight is 237 g/mol. The molecule has 0 saturated heterocycles. The zero-order chi connectivity index (χ0) is 12.5. The first-order chi connectivity index (χ1) is 8.26. The summed E-state index contributed by atoms with van der Waals surface area (Å²) >= 11 is 0. The van der Waals surface area contributed by atoms with Crippen LogP contribution in [-0.4, -0.2) is 31.1 Å². The van der Waals surface area contributed by atoms with Gasteiger partial charge in [0.15, 0.2) is 6.61 Å². The second-order valence-corrected chi connectivity index (χ2v) is 3.65. The summed E-state index contributed by atoms with van der Waals surface area (Å²) in [5.74, 6) is 0.502. The van der Waals surface area contributed by atoms with E-state index in [1.807, 2.05) is 26.1 Å². The summed E-state index contributed by atoms with van der Waals surface area (Å²) in [4.78, 5) is 15.5. The monoisotopic (exact) mass is 237 g/mol. The van der Waals surface area contributed by atoms with Gasteiger partial charge >= 0.3 is 0 Å². The largest absolute Gasteiger partial charge is 0.482 e. The second kappa shape index (κ2) is 7.62. The standard InChI is InChI=1S/C12H19N3O2/c1-3-6-14-12(16)9-17-11-5-4-10(7-13-2)15-8-11/h4-5,8,13H,3,6-7,9H2,1-2H3,(H,14,16). The van der Waals surface area contributed by atoms with Crippen LogP contribution in [-0.2, 0) is 11.3 Å². The third-order valence-corrected chi connectivity index (χ3v) is 2.10. The molecular formula is C12H19N3O2. The Morgan fingerprint density at radius 3 is 2.88 bits per heavy atom. The van der Waals surface area contributed by atoms with Crippen molar-refractivity contribution in [3.8, 4) is 5.75 Å². The van der Waals surface area contributed by atoms with Crippen LogP contribution in [0.5, 0.6) is 5.75 Å². The Labute approximate surface area is 102 Å². The molecule has 1 heterocycles. The molecule has 1 rings (SSSR count). The van der Waals surface area contributed by atoms with Gasteiger partial charge in [-0.05, 0) is 25.6 Å². The van der Waals surface area contributed by atoms with Gasteiger partial charge in [0, 0.05) is 13.1 Å². The molecule has 0 aliphatic heterocycles. The smallest absolute Gasteiger partial charge is 0.257 e. The topological polar surface area (TPSA) is 63.2 Å². The fraction of sp³-hybridized carbons (Fsp3) is 0.500. The number of rotatable bonds is 7. The maximum atomic E-state index is 11.3. The first-order valence-corrected chi connectivity index (χ1v) is 5.75. The van der Waals surface area contributed by atoms with Gasteiger partial charge in [-0.15, -0.1) is 0 Å². The summed E-state index contributed by atoms with van der Waals surface area (Å²) in [5.41, 5.74) is 0.940. The van der Waals surface area contributed by atoms with Crippen molar-refractivity contribution in [2.45, 2.75) is 19.9 Å². The molecule has 1 amide bonds. The van der Waals surface area contributed by atoms with E-state index in [9.17, 15) is 4.79 Å². The third-order valence-electron chi connectivity index (χ3n) is 2.10. The highest BCUT2D eigenvalue weighted by atomic mass is 16.5. The minimum atomic E-state index is -0.105. The Hall–Kier alpha value is -1.62. The lowest BCUT2D eigenvalue weighted by atomic mass is 10.3. The zero-order valence-electron chi connectivity index (χ0n) is 10.3. The number of pyridine rings is 1. The van der Waals surface area contributed by atoms with Crippen molar-refractivity contribution in [1.29, 1.82) is 0 Å². The van der Waals surface area contributed by atoms with E-state index >= 15 is 0 Å². The van der Waals surface area contributed by atoms with Crippen LogP contribution in [0.15, 0.2) is 18.3 Å². The van der Waals surface area contributed by atoms with E-state index in [4.69, 9.17) is 4.74 Å². The molecule has 2 N–H and O–H groups in total. The van der Waals surface area contributed by atoms with E-state index in [0.717, 1.165) is 18.7 Å². The molecule has 0 aliphatic carbocycles. The number of carbonyl (C=O) groups excluding carboxylic acids is 1. The number of nitrogens with one attached hydrogen (secondary N) is 2. The first kappa shape index (κ1) is 13.4. The summed E-state index contributed by atoms with van der Waals surface area (Å²) in [5, 5.41) is 5.75. The number of ether oxygens (including phenoxy) is 1. The average Bonchev–Trinajstić information content (AvgIpc) is 2.36. The van der Waals surface area contributed by atoms with Gasteiger partial charge in [-0.1, -0.05) is 6.92 Å². The molecule has 1 aromatic rings. The van der Waals surface area contributed by atoms with Gasteiger partial charge < -0.3 is 15.4 Å². The van der Waals surface area contributed by atoms with E-state index in [1.54, 1.807) is 6.20 Å². The van der Waals surface area contributed by atoms with Gasteiger partial charge in [0.05, 0.1) is 11.9 Å². The number of hydrogen-bond acceptors (Lipinski definition) is 4. The molecule has 5 heteroatoms. The molecule has 17 heavy (non-hydrogen) atoms. The summed E-state index contributed by atoms with van der Waals surface area (Å²) in [6, 6.07) is 3.68. The first-order valence-electron chi connectivity index (χ1n) is 5.75. The normalized spacial score (nSPS) is 10.0. The van der Waals surface area contributed by atoms with Gasteiger partial charge in [0.25, 0.3) is 5.91 Å². The highest BCUT2D eigenvalue weighted by Gasteiger charge is 2.01. The number of amides is 1. The van der Waals surface area contributed by atoms with Crippen molar-refractivity contribution in [3.05, 3.63) is 24.0 Å². The van der Waals surface area contributed by atoms with E-state index in [2.05, 4.69) is 15.6 Å². The number of carbonyl (C=O) groups is 1. The van der Waals surface area contributed by atoms with Crippen LogP contribution in [0.3, 0.4) is 0 Å². The highest BCUT2D eigenvalue weighted by Crippen LogP contribution is 2.08. The highest BCUT2D eigenvalue weighted by molar-refractivity contribution is 5.77. The van der Waals surface area contributed by atoms with E-state index in [0.29, 0.717) is 12.3 Å². The summed E-state index contributed by atoms with van der Waals surface area (Å²) in [6.45, 7) is 3.44. The summed E-state index contributed by atoms with van der Waals surface area (Å²) in [6.07, 6.45) is 2.55. The lowest BCUT2D eigenvalue weighted by Gasteiger charge is -2.07. The van der Waals surface area contributed by atoms with E-state index in [1.165, 1.54) is 0 Å². The molecule has 0 radical (unpaired) electrons. The Morgan fingerprint density at radius 2 is 2.29 bits per heavy atom. The van der Waals surface area contributed by atoms with Gasteiger partial charge in [-0.25, -0.2) is 0 Å². The number of aromatic nitrogens is 1. The molecule has 0 fully saturated rings. The SMILES string of the molecule is CCCNC(=O)COc1ccc(CNC)nc1. The van der Waals surface area contributed by atoms with Crippen molar-refractivity contribution in [2.24, 2.45) is 0 Å². The number of nitrogens with zero attached hydrogens (tertiary/aromatic N) is 1. The Bertz CT molecular complexity index is 338. The van der Waals surface area contributed by atoms with E-state index in [-0.39, 0.29) is 12.5 Å².